The first-order chi connectivity index (χ1) is 12.6. The number of anilines is 1. The van der Waals surface area contributed by atoms with Gasteiger partial charge in [0.15, 0.2) is 0 Å². The highest BCUT2D eigenvalue weighted by molar-refractivity contribution is 7.09. The molecule has 0 spiro atoms. The van der Waals surface area contributed by atoms with E-state index in [1.807, 2.05) is 29.6 Å². The quantitative estimate of drug-likeness (QED) is 0.678. The molecule has 3 rings (SSSR count). The third kappa shape index (κ3) is 4.80. The van der Waals surface area contributed by atoms with Crippen LogP contribution in [0.4, 0.5) is 14.9 Å². The van der Waals surface area contributed by atoms with Gasteiger partial charge in [-0.3, -0.25) is 0 Å². The lowest BCUT2D eigenvalue weighted by Gasteiger charge is -2.06. The van der Waals surface area contributed by atoms with E-state index >= 15 is 0 Å². The van der Waals surface area contributed by atoms with E-state index in [-0.39, 0.29) is 11.8 Å². The Morgan fingerprint density at radius 1 is 1.15 bits per heavy atom. The predicted molar refractivity (Wildman–Crippen MR) is 101 cm³/mol. The summed E-state index contributed by atoms with van der Waals surface area (Å²) < 4.78 is 18.0. The van der Waals surface area contributed by atoms with Crippen LogP contribution in [0.1, 0.15) is 5.01 Å². The minimum absolute atomic E-state index is 0.330. The standard InChI is InChI=1S/C19H18FN3O2S/c1-25-16-8-2-13(3-9-16)17-12-26-18(23-17)10-11-21-19(24)22-15-6-4-14(20)5-7-15/h2-9,12H,10-11H2,1H3,(H2,21,22,24). The average Bonchev–Trinajstić information content (AvgIpc) is 3.12. The number of carbonyl (C=O) groups excluding carboxylic acids is 1. The molecule has 1 heterocycles. The molecule has 7 heteroatoms. The third-order valence-electron chi connectivity index (χ3n) is 3.66. The van der Waals surface area contributed by atoms with Crippen LogP contribution >= 0.6 is 11.3 Å². The molecule has 0 radical (unpaired) electrons. The Morgan fingerprint density at radius 2 is 1.88 bits per heavy atom. The number of rotatable bonds is 6. The van der Waals surface area contributed by atoms with E-state index in [0.29, 0.717) is 18.7 Å². The Balaban J connectivity index is 1.48. The molecule has 134 valence electrons. The third-order valence-corrected chi connectivity index (χ3v) is 4.57. The minimum atomic E-state index is -0.340. The Labute approximate surface area is 154 Å². The van der Waals surface area contributed by atoms with Crippen LogP contribution in [-0.2, 0) is 6.42 Å². The van der Waals surface area contributed by atoms with E-state index in [0.717, 1.165) is 22.0 Å². The molecule has 0 unspecified atom stereocenters. The van der Waals surface area contributed by atoms with Crippen molar-refractivity contribution in [3.05, 3.63) is 64.7 Å². The number of urea groups is 1. The van der Waals surface area contributed by atoms with Crippen molar-refractivity contribution in [1.82, 2.24) is 10.3 Å². The van der Waals surface area contributed by atoms with Gasteiger partial charge in [0.25, 0.3) is 0 Å². The van der Waals surface area contributed by atoms with Crippen LogP contribution in [0, 0.1) is 5.82 Å². The van der Waals surface area contributed by atoms with E-state index in [2.05, 4.69) is 15.6 Å². The van der Waals surface area contributed by atoms with Crippen LogP contribution in [0.3, 0.4) is 0 Å². The van der Waals surface area contributed by atoms with Crippen molar-refractivity contribution in [2.24, 2.45) is 0 Å². The van der Waals surface area contributed by atoms with Crippen molar-refractivity contribution in [1.29, 1.82) is 0 Å². The molecule has 1 aromatic heterocycles. The summed E-state index contributed by atoms with van der Waals surface area (Å²) >= 11 is 1.56. The minimum Gasteiger partial charge on any atom is -0.497 e. The Morgan fingerprint density at radius 3 is 2.58 bits per heavy atom. The van der Waals surface area contributed by atoms with Crippen LogP contribution in [0.2, 0.25) is 0 Å². The maximum atomic E-state index is 12.8. The number of thiazole rings is 1. The predicted octanol–water partition coefficient (Wildman–Crippen LogP) is 4.32. The van der Waals surface area contributed by atoms with Gasteiger partial charge in [0.2, 0.25) is 0 Å². The summed E-state index contributed by atoms with van der Waals surface area (Å²) in [5.74, 6) is 0.466. The number of methoxy groups -OCH3 is 1. The number of aromatic nitrogens is 1. The van der Waals surface area contributed by atoms with E-state index < -0.39 is 0 Å². The van der Waals surface area contributed by atoms with Crippen molar-refractivity contribution in [2.75, 3.05) is 19.0 Å². The zero-order chi connectivity index (χ0) is 18.4. The lowest BCUT2D eigenvalue weighted by molar-refractivity contribution is 0.252. The summed E-state index contributed by atoms with van der Waals surface area (Å²) in [6.07, 6.45) is 0.637. The van der Waals surface area contributed by atoms with Gasteiger partial charge in [0, 0.05) is 29.6 Å². The maximum Gasteiger partial charge on any atom is 0.319 e. The number of nitrogens with zero attached hydrogens (tertiary/aromatic N) is 1. The molecule has 0 saturated carbocycles. The molecule has 0 aliphatic rings. The molecule has 2 amide bonds. The number of halogens is 1. The number of carbonyl (C=O) groups is 1. The second-order valence-electron chi connectivity index (χ2n) is 5.49. The fraction of sp³-hybridized carbons (Fsp3) is 0.158. The first kappa shape index (κ1) is 17.9. The van der Waals surface area contributed by atoms with E-state index in [1.54, 1.807) is 18.4 Å². The molecule has 0 atom stereocenters. The average molecular weight is 371 g/mol. The lowest BCUT2D eigenvalue weighted by Crippen LogP contribution is -2.30. The van der Waals surface area contributed by atoms with Crippen molar-refractivity contribution >= 4 is 23.1 Å². The maximum absolute atomic E-state index is 12.8. The molecule has 2 N–H and O–H groups in total. The first-order valence-corrected chi connectivity index (χ1v) is 8.91. The highest BCUT2D eigenvalue weighted by Crippen LogP contribution is 2.24. The molecular weight excluding hydrogens is 353 g/mol. The normalized spacial score (nSPS) is 10.4. The Kier molecular flexibility index (Phi) is 5.80. The zero-order valence-corrected chi connectivity index (χ0v) is 15.0. The smallest absolute Gasteiger partial charge is 0.319 e. The number of benzene rings is 2. The van der Waals surface area contributed by atoms with Gasteiger partial charge in [0.1, 0.15) is 11.6 Å². The van der Waals surface area contributed by atoms with Gasteiger partial charge >= 0.3 is 6.03 Å². The van der Waals surface area contributed by atoms with Crippen molar-refractivity contribution < 1.29 is 13.9 Å². The summed E-state index contributed by atoms with van der Waals surface area (Å²) in [7, 11) is 1.63. The molecule has 3 aromatic rings. The Hall–Kier alpha value is -2.93. The number of ether oxygens (including phenoxy) is 1. The van der Waals surface area contributed by atoms with Gasteiger partial charge in [0.05, 0.1) is 17.8 Å². The molecule has 26 heavy (non-hydrogen) atoms. The van der Waals surface area contributed by atoms with Crippen LogP contribution in [0.25, 0.3) is 11.3 Å². The van der Waals surface area contributed by atoms with E-state index in [1.165, 1.54) is 24.3 Å². The molecule has 0 saturated heterocycles. The topological polar surface area (TPSA) is 63.2 Å². The van der Waals surface area contributed by atoms with Gasteiger partial charge in [-0.15, -0.1) is 11.3 Å². The van der Waals surface area contributed by atoms with Gasteiger partial charge < -0.3 is 15.4 Å². The van der Waals surface area contributed by atoms with Crippen LogP contribution in [0.5, 0.6) is 5.75 Å². The number of nitrogens with one attached hydrogen (secondary N) is 2. The summed E-state index contributed by atoms with van der Waals surface area (Å²) in [6.45, 7) is 0.461. The van der Waals surface area contributed by atoms with Crippen molar-refractivity contribution in [3.8, 4) is 17.0 Å². The second kappa shape index (κ2) is 8.44. The van der Waals surface area contributed by atoms with Crippen LogP contribution in [-0.4, -0.2) is 24.7 Å². The summed E-state index contributed by atoms with van der Waals surface area (Å²) in [4.78, 5) is 16.4. The molecule has 0 aliphatic carbocycles. The second-order valence-corrected chi connectivity index (χ2v) is 6.44. The monoisotopic (exact) mass is 371 g/mol. The molecular formula is C19H18FN3O2S. The number of amides is 2. The summed E-state index contributed by atoms with van der Waals surface area (Å²) in [5.41, 5.74) is 2.47. The fourth-order valence-corrected chi connectivity index (χ4v) is 3.12. The van der Waals surface area contributed by atoms with Gasteiger partial charge in [-0.25, -0.2) is 14.2 Å². The van der Waals surface area contributed by atoms with Crippen LogP contribution in [0.15, 0.2) is 53.9 Å². The molecule has 0 bridgehead atoms. The molecule has 2 aromatic carbocycles. The van der Waals surface area contributed by atoms with Gasteiger partial charge in [-0.2, -0.15) is 0 Å². The van der Waals surface area contributed by atoms with Crippen LogP contribution < -0.4 is 15.4 Å². The van der Waals surface area contributed by atoms with E-state index in [9.17, 15) is 9.18 Å². The molecule has 5 nitrogen and oxygen atoms in total. The Bertz CT molecular complexity index is 863. The highest BCUT2D eigenvalue weighted by atomic mass is 32.1. The fourth-order valence-electron chi connectivity index (χ4n) is 2.31. The SMILES string of the molecule is COc1ccc(-c2csc(CCNC(=O)Nc3ccc(F)cc3)n2)cc1. The first-order valence-electron chi connectivity index (χ1n) is 8.03. The highest BCUT2D eigenvalue weighted by Gasteiger charge is 2.06. The molecule has 0 aliphatic heterocycles. The molecule has 0 fully saturated rings. The van der Waals surface area contributed by atoms with Crippen molar-refractivity contribution in [2.45, 2.75) is 6.42 Å². The zero-order valence-electron chi connectivity index (χ0n) is 14.2. The van der Waals surface area contributed by atoms with E-state index in [4.69, 9.17) is 4.74 Å². The lowest BCUT2D eigenvalue weighted by atomic mass is 10.2. The van der Waals surface area contributed by atoms with Crippen molar-refractivity contribution in [3.63, 3.8) is 0 Å². The summed E-state index contributed by atoms with van der Waals surface area (Å²) in [5, 5.41) is 8.35. The van der Waals surface area contributed by atoms with Gasteiger partial charge in [-0.05, 0) is 48.5 Å². The largest absolute Gasteiger partial charge is 0.497 e. The number of hydrogen-bond acceptors (Lipinski definition) is 4. The number of hydrogen-bond donors (Lipinski definition) is 2. The van der Waals surface area contributed by atoms with Gasteiger partial charge in [-0.1, -0.05) is 0 Å². The summed E-state index contributed by atoms with van der Waals surface area (Å²) in [6, 6.07) is 13.0.